The zero-order chi connectivity index (χ0) is 15.3. The maximum Gasteiger partial charge on any atom is 0.137 e. The van der Waals surface area contributed by atoms with Gasteiger partial charge in [-0.25, -0.2) is 4.79 Å². The van der Waals surface area contributed by atoms with Crippen LogP contribution in [-0.2, 0) is 9.59 Å². The van der Waals surface area contributed by atoms with Crippen LogP contribution in [0.25, 0.3) is 0 Å². The summed E-state index contributed by atoms with van der Waals surface area (Å²) in [6, 6.07) is 0. The molecule has 0 aliphatic heterocycles. The fourth-order valence-corrected chi connectivity index (χ4v) is 6.45. The predicted molar refractivity (Wildman–Crippen MR) is 85.9 cm³/mol. The summed E-state index contributed by atoms with van der Waals surface area (Å²) < 4.78 is 0. The highest BCUT2D eigenvalue weighted by Crippen LogP contribution is 2.63. The Hall–Kier alpha value is -1.14. The fraction of sp³-hybridized carbons (Fsp3) is 0.750. The van der Waals surface area contributed by atoms with Gasteiger partial charge in [-0.1, -0.05) is 18.1 Å². The molecule has 0 heterocycles. The average molecular weight is 298 g/mol. The largest absolute Gasteiger partial charge is 0.299 e. The monoisotopic (exact) mass is 298 g/mol. The van der Waals surface area contributed by atoms with E-state index in [-0.39, 0.29) is 0 Å². The second-order valence-electron chi connectivity index (χ2n) is 8.27. The smallest absolute Gasteiger partial charge is 0.137 e. The van der Waals surface area contributed by atoms with Crippen molar-refractivity contribution in [3.8, 4) is 0 Å². The Kier molecular flexibility index (Phi) is 3.42. The van der Waals surface area contributed by atoms with Crippen molar-refractivity contribution in [2.45, 2.75) is 64.7 Å². The van der Waals surface area contributed by atoms with Crippen molar-refractivity contribution in [1.29, 1.82) is 0 Å². The van der Waals surface area contributed by atoms with Gasteiger partial charge in [0.1, 0.15) is 11.7 Å². The van der Waals surface area contributed by atoms with Crippen LogP contribution in [0.5, 0.6) is 0 Å². The minimum absolute atomic E-state index is 0.321. The van der Waals surface area contributed by atoms with E-state index in [1.807, 2.05) is 6.08 Å². The Labute approximate surface area is 133 Å². The van der Waals surface area contributed by atoms with E-state index in [0.717, 1.165) is 43.4 Å². The van der Waals surface area contributed by atoms with Crippen LogP contribution in [0.2, 0.25) is 0 Å². The fourth-order valence-electron chi connectivity index (χ4n) is 6.45. The van der Waals surface area contributed by atoms with Gasteiger partial charge in [-0.05, 0) is 74.0 Å². The van der Waals surface area contributed by atoms with Crippen molar-refractivity contribution in [2.75, 3.05) is 0 Å². The van der Waals surface area contributed by atoms with E-state index in [9.17, 15) is 9.59 Å². The number of Topliss-reactive ketones (excluding diaryl/α,β-unsaturated/α-hetero) is 1. The third-order valence-electron chi connectivity index (χ3n) is 7.54. The maximum absolute atomic E-state index is 11.8. The van der Waals surface area contributed by atoms with Crippen molar-refractivity contribution < 1.29 is 9.59 Å². The number of hydrogen-bond donors (Lipinski definition) is 0. The first-order valence-electron chi connectivity index (χ1n) is 9.07. The zero-order valence-corrected chi connectivity index (χ0v) is 13.6. The highest BCUT2D eigenvalue weighted by atomic mass is 16.1. The molecule has 2 saturated carbocycles. The molecule has 0 bridgehead atoms. The molecule has 0 aromatic rings. The molecule has 2 nitrogen and oxygen atoms in total. The number of carbonyl (C=O) groups is 1. The van der Waals surface area contributed by atoms with Gasteiger partial charge >= 0.3 is 0 Å². The third-order valence-corrected chi connectivity index (χ3v) is 7.54. The maximum atomic E-state index is 11.8. The SMILES string of the molecule is CC12CC[C@@H]3C4=C(CC[C@H]3[C@@H]1CC[C@H]2C=C=O)CC(=O)CC4. The molecule has 22 heavy (non-hydrogen) atoms. The molecule has 0 saturated heterocycles. The van der Waals surface area contributed by atoms with Gasteiger partial charge in [0.05, 0.1) is 0 Å². The number of ketones is 1. The number of hydrogen-bond acceptors (Lipinski definition) is 2. The van der Waals surface area contributed by atoms with Crippen molar-refractivity contribution in [3.05, 3.63) is 17.2 Å². The van der Waals surface area contributed by atoms with E-state index >= 15 is 0 Å². The van der Waals surface area contributed by atoms with Gasteiger partial charge in [-0.2, -0.15) is 0 Å². The van der Waals surface area contributed by atoms with E-state index in [1.165, 1.54) is 37.7 Å². The summed E-state index contributed by atoms with van der Waals surface area (Å²) >= 11 is 0. The average Bonchev–Trinajstić information content (AvgIpc) is 2.84. The molecule has 0 amide bonds. The molecule has 0 aromatic carbocycles. The molecule has 4 rings (SSSR count). The quantitative estimate of drug-likeness (QED) is 0.535. The van der Waals surface area contributed by atoms with Crippen molar-refractivity contribution in [3.63, 3.8) is 0 Å². The van der Waals surface area contributed by atoms with Crippen molar-refractivity contribution in [2.24, 2.45) is 29.1 Å². The van der Waals surface area contributed by atoms with E-state index in [0.29, 0.717) is 17.1 Å². The topological polar surface area (TPSA) is 34.1 Å². The summed E-state index contributed by atoms with van der Waals surface area (Å²) in [6.07, 6.45) is 11.8. The van der Waals surface area contributed by atoms with Gasteiger partial charge in [0, 0.05) is 18.9 Å². The minimum atomic E-state index is 0.321. The normalized spacial score (nSPS) is 44.0. The van der Waals surface area contributed by atoms with Crippen molar-refractivity contribution >= 4 is 11.7 Å². The molecule has 4 aliphatic rings. The van der Waals surface area contributed by atoms with Crippen LogP contribution in [0.15, 0.2) is 17.2 Å². The highest BCUT2D eigenvalue weighted by Gasteiger charge is 2.54. The van der Waals surface area contributed by atoms with Gasteiger partial charge in [0.2, 0.25) is 0 Å². The summed E-state index contributed by atoms with van der Waals surface area (Å²) in [6.45, 7) is 2.42. The van der Waals surface area contributed by atoms with Crippen LogP contribution in [0.1, 0.15) is 64.7 Å². The number of fused-ring (bicyclic) bond motifs is 4. The molecule has 4 aliphatic carbocycles. The highest BCUT2D eigenvalue weighted by molar-refractivity contribution is 5.82. The molecule has 2 fully saturated rings. The molecule has 0 spiro atoms. The lowest BCUT2D eigenvalue weighted by atomic mass is 9.53. The molecular weight excluding hydrogens is 272 g/mol. The first kappa shape index (κ1) is 14.5. The predicted octanol–water partition coefficient (Wildman–Crippen LogP) is 4.28. The lowest BCUT2D eigenvalue weighted by Gasteiger charge is -2.51. The number of rotatable bonds is 1. The van der Waals surface area contributed by atoms with Crippen LogP contribution in [-0.4, -0.2) is 11.7 Å². The van der Waals surface area contributed by atoms with Crippen LogP contribution in [0.4, 0.5) is 0 Å². The van der Waals surface area contributed by atoms with E-state index in [1.54, 1.807) is 5.57 Å². The molecule has 5 atom stereocenters. The summed E-state index contributed by atoms with van der Waals surface area (Å²) in [4.78, 5) is 22.6. The Morgan fingerprint density at radius 1 is 1.14 bits per heavy atom. The first-order chi connectivity index (χ1) is 10.6. The first-order valence-corrected chi connectivity index (χ1v) is 9.07. The van der Waals surface area contributed by atoms with Gasteiger partial charge < -0.3 is 0 Å². The lowest BCUT2D eigenvalue weighted by molar-refractivity contribution is -0.119. The Bertz CT molecular complexity index is 581. The number of carbonyl (C=O) groups excluding carboxylic acids is 2. The zero-order valence-electron chi connectivity index (χ0n) is 13.6. The van der Waals surface area contributed by atoms with E-state index < -0.39 is 0 Å². The van der Waals surface area contributed by atoms with Crippen molar-refractivity contribution in [1.82, 2.24) is 0 Å². The van der Waals surface area contributed by atoms with Gasteiger partial charge in [0.25, 0.3) is 0 Å². The van der Waals surface area contributed by atoms with Crippen LogP contribution in [0, 0.1) is 29.1 Å². The van der Waals surface area contributed by atoms with Gasteiger partial charge in [-0.3, -0.25) is 4.79 Å². The van der Waals surface area contributed by atoms with Crippen LogP contribution < -0.4 is 0 Å². The molecule has 2 heteroatoms. The summed E-state index contributed by atoms with van der Waals surface area (Å²) in [5, 5.41) is 0. The lowest BCUT2D eigenvalue weighted by Crippen LogP contribution is -2.43. The molecule has 0 N–H and O–H groups in total. The molecule has 0 radical (unpaired) electrons. The standard InChI is InChI=1S/C20H26O2/c1-20-10-8-17-16-6-4-15(22)12-13(16)2-5-18(17)19(20)7-3-14(20)9-11-21/h9,14,17-19H,2-8,10,12H2,1H3/t14-,17+,18+,19-,20?/m0/s1. The summed E-state index contributed by atoms with van der Waals surface area (Å²) in [5.41, 5.74) is 3.50. The number of allylic oxidation sites excluding steroid dienone is 3. The van der Waals surface area contributed by atoms with Gasteiger partial charge in [-0.15, -0.1) is 0 Å². The Balaban J connectivity index is 1.64. The molecule has 0 aromatic heterocycles. The molecule has 118 valence electrons. The van der Waals surface area contributed by atoms with E-state index in [2.05, 4.69) is 12.9 Å². The molecular formula is C20H26O2. The van der Waals surface area contributed by atoms with E-state index in [4.69, 9.17) is 0 Å². The Morgan fingerprint density at radius 3 is 2.82 bits per heavy atom. The van der Waals surface area contributed by atoms with Crippen LogP contribution >= 0.6 is 0 Å². The Morgan fingerprint density at radius 2 is 2.00 bits per heavy atom. The second kappa shape index (κ2) is 5.20. The molecule has 1 unspecified atom stereocenters. The summed E-state index contributed by atoms with van der Waals surface area (Å²) in [5.74, 6) is 5.28. The third kappa shape index (κ3) is 2.00. The second-order valence-corrected chi connectivity index (χ2v) is 8.27. The van der Waals surface area contributed by atoms with Gasteiger partial charge in [0.15, 0.2) is 0 Å². The summed E-state index contributed by atoms with van der Waals surface area (Å²) in [7, 11) is 0. The minimum Gasteiger partial charge on any atom is -0.299 e. The van der Waals surface area contributed by atoms with Crippen LogP contribution in [0.3, 0.4) is 0 Å².